The van der Waals surface area contributed by atoms with Crippen LogP contribution in [0.4, 0.5) is 0 Å². The van der Waals surface area contributed by atoms with Gasteiger partial charge in [0.15, 0.2) is 0 Å². The molecule has 50 valence electrons. The third-order valence-corrected chi connectivity index (χ3v) is 1.05. The van der Waals surface area contributed by atoms with Crippen LogP contribution in [0, 0.1) is 0 Å². The molecule has 0 heterocycles. The summed E-state index contributed by atoms with van der Waals surface area (Å²) in [5, 5.41) is 0.799. The molecule has 0 aromatic rings. The zero-order valence-corrected chi connectivity index (χ0v) is 4.96. The summed E-state index contributed by atoms with van der Waals surface area (Å²) >= 11 is 0. The molecular formula is C3H13N5. The third kappa shape index (κ3) is 1.73. The van der Waals surface area contributed by atoms with Gasteiger partial charge in [-0.05, 0) is 6.42 Å². The predicted octanol–water partition coefficient (Wildman–Crippen LogP) is -1.98. The SMILES string of the molecule is CCC(N)(N)N(N)N. The molecule has 0 saturated heterocycles. The van der Waals surface area contributed by atoms with Gasteiger partial charge in [-0.25, -0.2) is 0 Å². The van der Waals surface area contributed by atoms with Crippen LogP contribution in [0.25, 0.3) is 0 Å². The highest BCUT2D eigenvalue weighted by Crippen LogP contribution is 1.93. The average Bonchev–Trinajstić information content (AvgIpc) is 1.67. The zero-order valence-electron chi connectivity index (χ0n) is 4.96. The molecule has 0 unspecified atom stereocenters. The largest absolute Gasteiger partial charge is 0.299 e. The minimum Gasteiger partial charge on any atom is -0.299 e. The molecule has 0 aromatic heterocycles. The van der Waals surface area contributed by atoms with Crippen molar-refractivity contribution in [2.75, 3.05) is 0 Å². The molecule has 0 aliphatic carbocycles. The molecule has 5 heteroatoms. The van der Waals surface area contributed by atoms with Crippen molar-refractivity contribution in [3.8, 4) is 0 Å². The summed E-state index contributed by atoms with van der Waals surface area (Å²) in [6.45, 7) is 1.80. The molecule has 0 aromatic carbocycles. The third-order valence-electron chi connectivity index (χ3n) is 1.05. The minimum atomic E-state index is -1.07. The van der Waals surface area contributed by atoms with E-state index in [0.717, 1.165) is 5.12 Å². The summed E-state index contributed by atoms with van der Waals surface area (Å²) in [4.78, 5) is 0. The molecule has 8 heavy (non-hydrogen) atoms. The Labute approximate surface area is 48.5 Å². The first-order valence-electron chi connectivity index (χ1n) is 2.38. The Balaban J connectivity index is 3.71. The van der Waals surface area contributed by atoms with Gasteiger partial charge < -0.3 is 0 Å². The van der Waals surface area contributed by atoms with Gasteiger partial charge in [-0.3, -0.25) is 23.2 Å². The molecule has 0 rings (SSSR count). The Morgan fingerprint density at radius 3 is 1.75 bits per heavy atom. The smallest absolute Gasteiger partial charge is 0.147 e. The van der Waals surface area contributed by atoms with Crippen LogP contribution in [-0.2, 0) is 0 Å². The topological polar surface area (TPSA) is 107 Å². The highest BCUT2D eigenvalue weighted by molar-refractivity contribution is 4.66. The van der Waals surface area contributed by atoms with Crippen molar-refractivity contribution in [2.24, 2.45) is 23.2 Å². The van der Waals surface area contributed by atoms with E-state index in [1.807, 2.05) is 0 Å². The molecule has 0 radical (unpaired) electrons. The fraction of sp³-hybridized carbons (Fsp3) is 1.00. The van der Waals surface area contributed by atoms with Crippen molar-refractivity contribution in [1.82, 2.24) is 5.12 Å². The van der Waals surface area contributed by atoms with Gasteiger partial charge in [0.25, 0.3) is 0 Å². The fourth-order valence-electron chi connectivity index (χ4n) is 0.183. The summed E-state index contributed by atoms with van der Waals surface area (Å²) in [5.74, 6) is 9.01. The van der Waals surface area contributed by atoms with Crippen molar-refractivity contribution >= 4 is 0 Å². The van der Waals surface area contributed by atoms with Crippen molar-refractivity contribution in [3.63, 3.8) is 0 Å². The van der Waals surface area contributed by atoms with Crippen LogP contribution < -0.4 is 23.2 Å². The summed E-state index contributed by atoms with van der Waals surface area (Å²) < 4.78 is 0. The number of hydrazine groups is 2. The number of nitrogens with zero attached hydrogens (tertiary/aromatic N) is 1. The van der Waals surface area contributed by atoms with E-state index in [9.17, 15) is 0 Å². The normalized spacial score (nSPS) is 12.8. The van der Waals surface area contributed by atoms with Crippen LogP contribution in [-0.4, -0.2) is 10.9 Å². The van der Waals surface area contributed by atoms with Crippen LogP contribution in [0.2, 0.25) is 0 Å². The highest BCUT2D eigenvalue weighted by Gasteiger charge is 2.19. The fourth-order valence-corrected chi connectivity index (χ4v) is 0.183. The summed E-state index contributed by atoms with van der Waals surface area (Å²) in [6, 6.07) is 0. The molecule has 0 amide bonds. The first-order valence-corrected chi connectivity index (χ1v) is 2.38. The van der Waals surface area contributed by atoms with Crippen LogP contribution >= 0.6 is 0 Å². The quantitative estimate of drug-likeness (QED) is 0.191. The van der Waals surface area contributed by atoms with E-state index in [1.165, 1.54) is 0 Å². The maximum atomic E-state index is 5.31. The summed E-state index contributed by atoms with van der Waals surface area (Å²) in [6.07, 6.45) is 0.514. The predicted molar refractivity (Wildman–Crippen MR) is 31.6 cm³/mol. The Kier molecular flexibility index (Phi) is 2.32. The van der Waals surface area contributed by atoms with E-state index in [4.69, 9.17) is 23.2 Å². The van der Waals surface area contributed by atoms with Crippen molar-refractivity contribution in [3.05, 3.63) is 0 Å². The van der Waals surface area contributed by atoms with Gasteiger partial charge in [-0.15, -0.1) is 0 Å². The second-order valence-corrected chi connectivity index (χ2v) is 1.75. The molecule has 0 atom stereocenters. The molecule has 0 bridgehead atoms. The highest BCUT2D eigenvalue weighted by atomic mass is 15.7. The maximum Gasteiger partial charge on any atom is 0.147 e. The van der Waals surface area contributed by atoms with Gasteiger partial charge in [0.05, 0.1) is 0 Å². The van der Waals surface area contributed by atoms with Crippen LogP contribution in [0.5, 0.6) is 0 Å². The van der Waals surface area contributed by atoms with Crippen LogP contribution in [0.15, 0.2) is 0 Å². The van der Waals surface area contributed by atoms with Crippen molar-refractivity contribution in [2.45, 2.75) is 19.1 Å². The number of hydrogen-bond acceptors (Lipinski definition) is 5. The standard InChI is InChI=1S/C3H13N5/c1-2-3(4,5)8(6)7/h2,4-7H2,1H3. The average molecular weight is 119 g/mol. The molecule has 0 fully saturated rings. The second kappa shape index (κ2) is 2.38. The lowest BCUT2D eigenvalue weighted by atomic mass is 10.3. The molecule has 5 nitrogen and oxygen atoms in total. The lowest BCUT2D eigenvalue weighted by Gasteiger charge is -2.28. The Morgan fingerprint density at radius 2 is 1.75 bits per heavy atom. The summed E-state index contributed by atoms with van der Waals surface area (Å²) in [5.41, 5.74) is 10.6. The number of hydrogen-bond donors (Lipinski definition) is 4. The van der Waals surface area contributed by atoms with Gasteiger partial charge in [0, 0.05) is 0 Å². The maximum absolute atomic E-state index is 5.31. The van der Waals surface area contributed by atoms with Crippen LogP contribution in [0.1, 0.15) is 13.3 Å². The molecule has 0 spiro atoms. The van der Waals surface area contributed by atoms with E-state index >= 15 is 0 Å². The first-order chi connectivity index (χ1) is 3.50. The van der Waals surface area contributed by atoms with E-state index in [2.05, 4.69) is 0 Å². The molecule has 0 aliphatic rings. The number of rotatable bonds is 2. The van der Waals surface area contributed by atoms with E-state index in [0.29, 0.717) is 6.42 Å². The molecule has 0 saturated carbocycles. The Hall–Kier alpha value is -0.200. The summed E-state index contributed by atoms with van der Waals surface area (Å²) in [7, 11) is 0. The molecular weight excluding hydrogens is 106 g/mol. The zero-order chi connectivity index (χ0) is 6.78. The van der Waals surface area contributed by atoms with Crippen LogP contribution in [0.3, 0.4) is 0 Å². The van der Waals surface area contributed by atoms with E-state index < -0.39 is 5.79 Å². The van der Waals surface area contributed by atoms with Gasteiger partial charge in [-0.1, -0.05) is 6.92 Å². The van der Waals surface area contributed by atoms with Crippen molar-refractivity contribution in [1.29, 1.82) is 0 Å². The molecule has 8 N–H and O–H groups in total. The van der Waals surface area contributed by atoms with E-state index in [1.54, 1.807) is 6.92 Å². The van der Waals surface area contributed by atoms with Gasteiger partial charge >= 0.3 is 0 Å². The van der Waals surface area contributed by atoms with E-state index in [-0.39, 0.29) is 0 Å². The van der Waals surface area contributed by atoms with Gasteiger partial charge in [0.2, 0.25) is 0 Å². The number of nitrogens with two attached hydrogens (primary N) is 4. The second-order valence-electron chi connectivity index (χ2n) is 1.75. The Morgan fingerprint density at radius 1 is 1.38 bits per heavy atom. The van der Waals surface area contributed by atoms with Crippen molar-refractivity contribution < 1.29 is 0 Å². The first kappa shape index (κ1) is 7.80. The Bertz CT molecular complexity index is 68.1. The lowest BCUT2D eigenvalue weighted by molar-refractivity contribution is 0.0944. The van der Waals surface area contributed by atoms with Gasteiger partial charge in [-0.2, -0.15) is 5.12 Å². The van der Waals surface area contributed by atoms with Gasteiger partial charge in [0.1, 0.15) is 5.79 Å². The minimum absolute atomic E-state index is 0.514. The lowest BCUT2D eigenvalue weighted by Crippen LogP contribution is -2.68. The molecule has 0 aliphatic heterocycles. The monoisotopic (exact) mass is 119 g/mol.